The molecule has 0 fully saturated rings. The van der Waals surface area contributed by atoms with Crippen LogP contribution >= 0.6 is 12.6 Å². The van der Waals surface area contributed by atoms with Crippen LogP contribution in [0.1, 0.15) is 12.5 Å². The minimum atomic E-state index is 0.941. The lowest BCUT2D eigenvalue weighted by molar-refractivity contribution is 1.18. The van der Waals surface area contributed by atoms with Gasteiger partial charge in [-0.15, -0.1) is 12.6 Å². The topological polar surface area (TPSA) is 12.0 Å². The molecule has 0 aliphatic rings. The highest BCUT2D eigenvalue weighted by Gasteiger charge is 1.95. The van der Waals surface area contributed by atoms with Gasteiger partial charge in [0.15, 0.2) is 0 Å². The van der Waals surface area contributed by atoms with Gasteiger partial charge in [-0.3, -0.25) is 0 Å². The zero-order valence-electron chi connectivity index (χ0n) is 6.89. The van der Waals surface area contributed by atoms with Crippen LogP contribution in [0.4, 0.5) is 5.69 Å². The minimum absolute atomic E-state index is 0.941. The summed E-state index contributed by atoms with van der Waals surface area (Å²) < 4.78 is 0. The first-order valence-corrected chi connectivity index (χ1v) is 4.22. The molecule has 11 heavy (non-hydrogen) atoms. The summed E-state index contributed by atoms with van der Waals surface area (Å²) in [6.45, 7) is 5.10. The maximum atomic E-state index is 4.32. The van der Waals surface area contributed by atoms with Gasteiger partial charge in [-0.1, -0.05) is 6.07 Å². The molecule has 2 heteroatoms. The van der Waals surface area contributed by atoms with Gasteiger partial charge < -0.3 is 5.32 Å². The summed E-state index contributed by atoms with van der Waals surface area (Å²) in [7, 11) is 0. The Labute approximate surface area is 73.2 Å². The fraction of sp³-hybridized carbons (Fsp3) is 0.333. The summed E-state index contributed by atoms with van der Waals surface area (Å²) in [5.74, 6) is 0. The maximum Gasteiger partial charge on any atom is 0.0478 e. The number of thiol groups is 1. The van der Waals surface area contributed by atoms with Crippen LogP contribution in [0.5, 0.6) is 0 Å². The highest BCUT2D eigenvalue weighted by molar-refractivity contribution is 7.80. The van der Waals surface area contributed by atoms with Crippen molar-refractivity contribution >= 4 is 18.3 Å². The van der Waals surface area contributed by atoms with E-state index in [1.54, 1.807) is 0 Å². The van der Waals surface area contributed by atoms with Crippen molar-refractivity contribution in [2.45, 2.75) is 18.7 Å². The summed E-state index contributed by atoms with van der Waals surface area (Å²) in [4.78, 5) is 1.01. The van der Waals surface area contributed by atoms with Crippen LogP contribution in [0.25, 0.3) is 0 Å². The molecule has 1 aromatic rings. The molecule has 1 aromatic carbocycles. The van der Waals surface area contributed by atoms with E-state index in [4.69, 9.17) is 0 Å². The Balaban J connectivity index is 2.93. The highest BCUT2D eigenvalue weighted by Crippen LogP contribution is 2.20. The van der Waals surface area contributed by atoms with E-state index in [1.807, 2.05) is 6.07 Å². The van der Waals surface area contributed by atoms with Gasteiger partial charge in [0.05, 0.1) is 0 Å². The standard InChI is InChI=1S/C9H13NS/c1-3-10-8-6-7(2)4-5-9(8)11/h4-6,10-11H,3H2,1-2H3. The van der Waals surface area contributed by atoms with E-state index in [9.17, 15) is 0 Å². The zero-order valence-corrected chi connectivity index (χ0v) is 7.78. The van der Waals surface area contributed by atoms with E-state index in [1.165, 1.54) is 5.56 Å². The Kier molecular flexibility index (Phi) is 2.83. The fourth-order valence-corrected chi connectivity index (χ4v) is 1.20. The third kappa shape index (κ3) is 2.15. The van der Waals surface area contributed by atoms with E-state index in [-0.39, 0.29) is 0 Å². The van der Waals surface area contributed by atoms with Gasteiger partial charge >= 0.3 is 0 Å². The molecule has 0 amide bonds. The molecule has 0 spiro atoms. The monoisotopic (exact) mass is 167 g/mol. The van der Waals surface area contributed by atoms with Crippen molar-refractivity contribution in [2.24, 2.45) is 0 Å². The minimum Gasteiger partial charge on any atom is -0.384 e. The Morgan fingerprint density at radius 2 is 2.18 bits per heavy atom. The molecule has 0 aliphatic heterocycles. The largest absolute Gasteiger partial charge is 0.384 e. The summed E-state index contributed by atoms with van der Waals surface area (Å²) >= 11 is 4.32. The van der Waals surface area contributed by atoms with Gasteiger partial charge in [-0.25, -0.2) is 0 Å². The molecule has 1 N–H and O–H groups in total. The molecule has 0 aliphatic carbocycles. The summed E-state index contributed by atoms with van der Waals surface area (Å²) in [6, 6.07) is 6.17. The molecule has 1 rings (SSSR count). The smallest absolute Gasteiger partial charge is 0.0478 e. The molecule has 0 saturated heterocycles. The molecule has 1 nitrogen and oxygen atoms in total. The summed E-state index contributed by atoms with van der Waals surface area (Å²) in [5, 5.41) is 3.24. The first-order valence-electron chi connectivity index (χ1n) is 3.77. The molecular weight excluding hydrogens is 154 g/mol. The van der Waals surface area contributed by atoms with Crippen LogP contribution < -0.4 is 5.32 Å². The number of benzene rings is 1. The Morgan fingerprint density at radius 3 is 2.82 bits per heavy atom. The lowest BCUT2D eigenvalue weighted by Crippen LogP contribution is -1.97. The number of anilines is 1. The molecule has 0 bridgehead atoms. The van der Waals surface area contributed by atoms with E-state index in [2.05, 4.69) is 43.9 Å². The van der Waals surface area contributed by atoms with Gasteiger partial charge in [-0.2, -0.15) is 0 Å². The highest BCUT2D eigenvalue weighted by atomic mass is 32.1. The van der Waals surface area contributed by atoms with Crippen LogP contribution in [-0.4, -0.2) is 6.54 Å². The van der Waals surface area contributed by atoms with E-state index < -0.39 is 0 Å². The van der Waals surface area contributed by atoms with Gasteiger partial charge in [0.1, 0.15) is 0 Å². The number of hydrogen-bond donors (Lipinski definition) is 2. The molecule has 0 unspecified atom stereocenters. The van der Waals surface area contributed by atoms with Gasteiger partial charge in [0, 0.05) is 17.1 Å². The van der Waals surface area contributed by atoms with Crippen molar-refractivity contribution < 1.29 is 0 Å². The second kappa shape index (κ2) is 3.67. The average Bonchev–Trinajstić information content (AvgIpc) is 1.98. The van der Waals surface area contributed by atoms with Crippen LogP contribution in [0.15, 0.2) is 23.1 Å². The molecule has 0 saturated carbocycles. The van der Waals surface area contributed by atoms with Crippen molar-refractivity contribution in [1.29, 1.82) is 0 Å². The third-order valence-electron chi connectivity index (χ3n) is 1.52. The van der Waals surface area contributed by atoms with Crippen LogP contribution in [0, 0.1) is 6.92 Å². The van der Waals surface area contributed by atoms with Crippen LogP contribution in [0.2, 0.25) is 0 Å². The zero-order chi connectivity index (χ0) is 8.27. The van der Waals surface area contributed by atoms with Crippen molar-refractivity contribution in [3.05, 3.63) is 23.8 Å². The Hall–Kier alpha value is -0.630. The first-order chi connectivity index (χ1) is 5.24. The van der Waals surface area contributed by atoms with E-state index >= 15 is 0 Å². The second-order valence-corrected chi connectivity index (χ2v) is 3.03. The second-order valence-electron chi connectivity index (χ2n) is 2.55. The predicted molar refractivity (Wildman–Crippen MR) is 52.6 cm³/mol. The normalized spacial score (nSPS) is 9.73. The lowest BCUT2D eigenvalue weighted by atomic mass is 10.2. The van der Waals surface area contributed by atoms with Gasteiger partial charge in [0.25, 0.3) is 0 Å². The Morgan fingerprint density at radius 1 is 1.45 bits per heavy atom. The van der Waals surface area contributed by atoms with Crippen LogP contribution in [0.3, 0.4) is 0 Å². The predicted octanol–water partition coefficient (Wildman–Crippen LogP) is 2.72. The van der Waals surface area contributed by atoms with E-state index in [0.717, 1.165) is 17.1 Å². The summed E-state index contributed by atoms with van der Waals surface area (Å²) in [5.41, 5.74) is 2.38. The number of hydrogen-bond acceptors (Lipinski definition) is 2. The van der Waals surface area contributed by atoms with E-state index in [0.29, 0.717) is 0 Å². The quantitative estimate of drug-likeness (QED) is 0.645. The molecule has 0 radical (unpaired) electrons. The molecular formula is C9H13NS. The van der Waals surface area contributed by atoms with Crippen molar-refractivity contribution in [3.63, 3.8) is 0 Å². The fourth-order valence-electron chi connectivity index (χ4n) is 0.982. The van der Waals surface area contributed by atoms with Crippen LogP contribution in [-0.2, 0) is 0 Å². The van der Waals surface area contributed by atoms with Crippen molar-refractivity contribution in [1.82, 2.24) is 0 Å². The van der Waals surface area contributed by atoms with Gasteiger partial charge in [-0.05, 0) is 31.5 Å². The maximum absolute atomic E-state index is 4.32. The lowest BCUT2D eigenvalue weighted by Gasteiger charge is -2.06. The third-order valence-corrected chi connectivity index (χ3v) is 1.91. The Bertz CT molecular complexity index is 245. The first kappa shape index (κ1) is 8.47. The number of nitrogens with one attached hydrogen (secondary N) is 1. The number of rotatable bonds is 2. The van der Waals surface area contributed by atoms with Crippen molar-refractivity contribution in [2.75, 3.05) is 11.9 Å². The SMILES string of the molecule is CCNc1cc(C)ccc1S. The van der Waals surface area contributed by atoms with Crippen molar-refractivity contribution in [3.8, 4) is 0 Å². The molecule has 0 atom stereocenters. The summed E-state index contributed by atoms with van der Waals surface area (Å²) in [6.07, 6.45) is 0. The number of aryl methyl sites for hydroxylation is 1. The molecule has 0 aromatic heterocycles. The molecule has 0 heterocycles. The average molecular weight is 167 g/mol. The van der Waals surface area contributed by atoms with Gasteiger partial charge in [0.2, 0.25) is 0 Å². The molecule has 60 valence electrons.